The number of imide groups is 1. The maximum Gasteiger partial charge on any atom is 0.341 e. The summed E-state index contributed by atoms with van der Waals surface area (Å²) in [6.45, 7) is 7.80. The second-order valence-corrected chi connectivity index (χ2v) is 12.1. The number of hydrogen-bond acceptors (Lipinski definition) is 6. The van der Waals surface area contributed by atoms with Crippen LogP contribution in [0.5, 0.6) is 0 Å². The molecular formula is C26H29BrN2O5S. The van der Waals surface area contributed by atoms with E-state index in [0.717, 1.165) is 14.9 Å². The first-order chi connectivity index (χ1) is 16.4. The number of anilines is 1. The molecule has 2 bridgehead atoms. The van der Waals surface area contributed by atoms with E-state index in [4.69, 9.17) is 4.74 Å². The van der Waals surface area contributed by atoms with Gasteiger partial charge in [-0.1, -0.05) is 48.8 Å². The number of benzene rings is 1. The van der Waals surface area contributed by atoms with Crippen molar-refractivity contribution in [3.63, 3.8) is 0 Å². The number of carbonyl (C=O) groups is 4. The number of fused-ring (bicyclic) bond motifs is 2. The Hall–Kier alpha value is -2.52. The molecule has 1 aliphatic carbocycles. The smallest absolute Gasteiger partial charge is 0.341 e. The molecule has 1 aromatic heterocycles. The lowest BCUT2D eigenvalue weighted by molar-refractivity contribution is -0.167. The van der Waals surface area contributed by atoms with Crippen molar-refractivity contribution in [2.45, 2.75) is 47.0 Å². The van der Waals surface area contributed by atoms with Crippen LogP contribution in [0.1, 0.15) is 55.3 Å². The first-order valence-electron chi connectivity index (χ1n) is 11.6. The fourth-order valence-corrected chi connectivity index (χ4v) is 6.75. The molecule has 1 saturated heterocycles. The summed E-state index contributed by atoms with van der Waals surface area (Å²) in [7, 11) is 1.30. The molecular weight excluding hydrogens is 532 g/mol. The third-order valence-electron chi connectivity index (χ3n) is 7.93. The number of piperidine rings is 1. The summed E-state index contributed by atoms with van der Waals surface area (Å²) >= 11 is 4.71. The average molecular weight is 561 g/mol. The van der Waals surface area contributed by atoms with E-state index in [9.17, 15) is 19.2 Å². The summed E-state index contributed by atoms with van der Waals surface area (Å²) in [4.78, 5) is 54.0. The predicted molar refractivity (Wildman–Crippen MR) is 138 cm³/mol. The third-order valence-corrected chi connectivity index (χ3v) is 9.48. The SMILES string of the molecule is COC(=O)c1c(NC(=O)CCN2C(=O)C3CCC(C)(C2=O)C3(C)C)sc(C)c1-c1ccc(Br)cc1. The summed E-state index contributed by atoms with van der Waals surface area (Å²) in [5.41, 5.74) is 0.831. The van der Waals surface area contributed by atoms with Gasteiger partial charge < -0.3 is 10.1 Å². The molecule has 9 heteroatoms. The quantitative estimate of drug-likeness (QED) is 0.376. The lowest BCUT2D eigenvalue weighted by Crippen LogP contribution is -2.59. The zero-order valence-electron chi connectivity index (χ0n) is 20.5. The highest BCUT2D eigenvalue weighted by molar-refractivity contribution is 9.10. The Labute approximate surface area is 217 Å². The molecule has 2 atom stereocenters. The van der Waals surface area contributed by atoms with Crippen molar-refractivity contribution in [2.75, 3.05) is 19.0 Å². The fourth-order valence-electron chi connectivity index (χ4n) is 5.41. The second kappa shape index (κ2) is 9.17. The minimum absolute atomic E-state index is 0.0170. The number of thiophene rings is 1. The highest BCUT2D eigenvalue weighted by Crippen LogP contribution is 2.60. The van der Waals surface area contributed by atoms with Crippen LogP contribution in [-0.2, 0) is 19.1 Å². The van der Waals surface area contributed by atoms with Gasteiger partial charge in [0.25, 0.3) is 0 Å². The van der Waals surface area contributed by atoms with E-state index in [1.165, 1.54) is 23.3 Å². The summed E-state index contributed by atoms with van der Waals surface area (Å²) in [5, 5.41) is 3.21. The highest BCUT2D eigenvalue weighted by atomic mass is 79.9. The maximum absolute atomic E-state index is 13.2. The van der Waals surface area contributed by atoms with E-state index < -0.39 is 16.8 Å². The standard InChI is InChI=1S/C26H29BrN2O5S/c1-14-19(15-6-8-16(27)9-7-15)20(23(32)34-5)21(35-14)28-18(30)11-13-29-22(31)17-10-12-26(4,24(29)33)25(17,2)3/h6-9,17H,10-13H2,1-5H3,(H,28,30). The van der Waals surface area contributed by atoms with Gasteiger partial charge in [0.2, 0.25) is 17.7 Å². The van der Waals surface area contributed by atoms with E-state index in [2.05, 4.69) is 21.2 Å². The first-order valence-corrected chi connectivity index (χ1v) is 13.2. The number of ether oxygens (including phenoxy) is 1. The zero-order chi connectivity index (χ0) is 25.7. The van der Waals surface area contributed by atoms with Crippen LogP contribution < -0.4 is 5.32 Å². The van der Waals surface area contributed by atoms with Crippen molar-refractivity contribution in [1.29, 1.82) is 0 Å². The van der Waals surface area contributed by atoms with Crippen LogP contribution >= 0.6 is 27.3 Å². The van der Waals surface area contributed by atoms with Crippen LogP contribution in [0.4, 0.5) is 5.00 Å². The van der Waals surface area contributed by atoms with Crippen molar-refractivity contribution < 1.29 is 23.9 Å². The van der Waals surface area contributed by atoms with Gasteiger partial charge in [0, 0.05) is 33.8 Å². The van der Waals surface area contributed by atoms with Gasteiger partial charge in [-0.3, -0.25) is 19.3 Å². The van der Waals surface area contributed by atoms with Crippen LogP contribution in [0.25, 0.3) is 11.1 Å². The first kappa shape index (κ1) is 25.6. The number of carbonyl (C=O) groups excluding carboxylic acids is 4. The molecule has 1 aromatic carbocycles. The van der Waals surface area contributed by atoms with Crippen LogP contribution in [-0.4, -0.2) is 42.2 Å². The molecule has 1 saturated carbocycles. The van der Waals surface area contributed by atoms with Gasteiger partial charge in [-0.15, -0.1) is 11.3 Å². The Balaban J connectivity index is 1.53. The van der Waals surface area contributed by atoms with Gasteiger partial charge in [-0.05, 0) is 42.9 Å². The lowest BCUT2D eigenvalue weighted by Gasteiger charge is -2.47. The Kier molecular flexibility index (Phi) is 6.70. The molecule has 1 aliphatic heterocycles. The van der Waals surface area contributed by atoms with Crippen LogP contribution in [0.15, 0.2) is 28.7 Å². The zero-order valence-corrected chi connectivity index (χ0v) is 22.9. The summed E-state index contributed by atoms with van der Waals surface area (Å²) in [6.07, 6.45) is 1.31. The van der Waals surface area contributed by atoms with Crippen LogP contribution in [0.3, 0.4) is 0 Å². The average Bonchev–Trinajstić information content (AvgIpc) is 3.22. The summed E-state index contributed by atoms with van der Waals surface area (Å²) < 4.78 is 5.92. The monoisotopic (exact) mass is 560 g/mol. The molecule has 1 N–H and O–H groups in total. The molecule has 2 unspecified atom stereocenters. The topological polar surface area (TPSA) is 92.8 Å². The van der Waals surface area contributed by atoms with Crippen molar-refractivity contribution in [2.24, 2.45) is 16.7 Å². The van der Waals surface area contributed by atoms with Gasteiger partial charge in [0.05, 0.1) is 12.5 Å². The van der Waals surface area contributed by atoms with Gasteiger partial charge in [-0.25, -0.2) is 4.79 Å². The normalized spacial score (nSPS) is 22.9. The second-order valence-electron chi connectivity index (χ2n) is 9.97. The Morgan fingerprint density at radius 3 is 2.49 bits per heavy atom. The van der Waals surface area contributed by atoms with Crippen molar-refractivity contribution >= 4 is 56.0 Å². The fraction of sp³-hybridized carbons (Fsp3) is 0.462. The molecule has 0 radical (unpaired) electrons. The minimum Gasteiger partial charge on any atom is -0.465 e. The van der Waals surface area contributed by atoms with E-state index in [1.807, 2.05) is 52.0 Å². The molecule has 186 valence electrons. The molecule has 2 aromatic rings. The molecule has 7 nitrogen and oxygen atoms in total. The highest BCUT2D eigenvalue weighted by Gasteiger charge is 2.64. The summed E-state index contributed by atoms with van der Waals surface area (Å²) in [6, 6.07) is 7.54. The Morgan fingerprint density at radius 1 is 1.20 bits per heavy atom. The summed E-state index contributed by atoms with van der Waals surface area (Å²) in [5.74, 6) is -1.53. The number of hydrogen-bond donors (Lipinski definition) is 1. The maximum atomic E-state index is 13.2. The van der Waals surface area contributed by atoms with Crippen molar-refractivity contribution in [1.82, 2.24) is 4.90 Å². The number of amides is 3. The number of likely N-dealkylation sites (tertiary alicyclic amines) is 1. The molecule has 0 spiro atoms. The Morgan fingerprint density at radius 2 is 1.86 bits per heavy atom. The van der Waals surface area contributed by atoms with Crippen LogP contribution in [0.2, 0.25) is 0 Å². The molecule has 35 heavy (non-hydrogen) atoms. The van der Waals surface area contributed by atoms with Gasteiger partial charge >= 0.3 is 5.97 Å². The number of nitrogens with one attached hydrogen (secondary N) is 1. The largest absolute Gasteiger partial charge is 0.465 e. The van der Waals surface area contributed by atoms with Gasteiger partial charge in [-0.2, -0.15) is 0 Å². The van der Waals surface area contributed by atoms with Gasteiger partial charge in [0.15, 0.2) is 0 Å². The van der Waals surface area contributed by atoms with Crippen molar-refractivity contribution in [3.05, 3.63) is 39.2 Å². The number of aryl methyl sites for hydroxylation is 1. The van der Waals surface area contributed by atoms with E-state index in [-0.39, 0.29) is 36.6 Å². The minimum atomic E-state index is -0.607. The number of nitrogens with zero attached hydrogens (tertiary/aromatic N) is 1. The lowest BCUT2D eigenvalue weighted by atomic mass is 9.62. The van der Waals surface area contributed by atoms with Gasteiger partial charge in [0.1, 0.15) is 10.6 Å². The molecule has 3 amide bonds. The number of esters is 1. The van der Waals surface area contributed by atoms with Crippen molar-refractivity contribution in [3.8, 4) is 11.1 Å². The number of halogens is 1. The molecule has 2 fully saturated rings. The molecule has 2 aliphatic rings. The Bertz CT molecular complexity index is 1220. The molecule has 2 heterocycles. The number of methoxy groups -OCH3 is 1. The van der Waals surface area contributed by atoms with Crippen LogP contribution in [0, 0.1) is 23.7 Å². The van der Waals surface area contributed by atoms with E-state index in [0.29, 0.717) is 29.0 Å². The van der Waals surface area contributed by atoms with E-state index >= 15 is 0 Å². The number of rotatable bonds is 6. The predicted octanol–water partition coefficient (Wildman–Crippen LogP) is 5.41. The van der Waals surface area contributed by atoms with E-state index in [1.54, 1.807) is 0 Å². The molecule has 4 rings (SSSR count). The third kappa shape index (κ3) is 4.12.